The molecule has 0 radical (unpaired) electrons. The zero-order valence-electron chi connectivity index (χ0n) is 9.28. The van der Waals surface area contributed by atoms with Gasteiger partial charge in [0.2, 0.25) is 0 Å². The van der Waals surface area contributed by atoms with Gasteiger partial charge in [-0.1, -0.05) is 19.3 Å². The first-order valence-electron chi connectivity index (χ1n) is 5.54. The van der Waals surface area contributed by atoms with E-state index in [2.05, 4.69) is 4.18 Å². The predicted molar refractivity (Wildman–Crippen MR) is 64.7 cm³/mol. The van der Waals surface area contributed by atoms with Crippen LogP contribution in [0, 0.1) is 0 Å². The third kappa shape index (κ3) is 7.19. The Balaban J connectivity index is 1.96. The van der Waals surface area contributed by atoms with E-state index in [4.69, 9.17) is 0 Å². The Kier molecular flexibility index (Phi) is 6.00. The molecule has 0 aliphatic heterocycles. The average Bonchev–Trinajstić information content (AvgIpc) is 2.17. The van der Waals surface area contributed by atoms with Gasteiger partial charge in [0.15, 0.2) is 0 Å². The highest BCUT2D eigenvalue weighted by molar-refractivity contribution is 7.99. The van der Waals surface area contributed by atoms with E-state index in [-0.39, 0.29) is 0 Å². The van der Waals surface area contributed by atoms with Crippen LogP contribution in [0.15, 0.2) is 0 Å². The molecule has 0 bridgehead atoms. The third-order valence-corrected chi connectivity index (χ3v) is 4.55. The first-order chi connectivity index (χ1) is 7.08. The van der Waals surface area contributed by atoms with E-state index in [1.54, 1.807) is 0 Å². The van der Waals surface area contributed by atoms with Gasteiger partial charge in [-0.3, -0.25) is 4.18 Å². The maximum absolute atomic E-state index is 10.7. The van der Waals surface area contributed by atoms with E-state index >= 15 is 0 Å². The molecule has 90 valence electrons. The summed E-state index contributed by atoms with van der Waals surface area (Å²) in [7, 11) is -3.24. The van der Waals surface area contributed by atoms with Gasteiger partial charge >= 0.3 is 0 Å². The lowest BCUT2D eigenvalue weighted by Gasteiger charge is -2.20. The summed E-state index contributed by atoms with van der Waals surface area (Å²) in [6.45, 7) is 0.332. The zero-order chi connectivity index (χ0) is 11.1. The van der Waals surface area contributed by atoms with Gasteiger partial charge in [0.05, 0.1) is 12.9 Å². The Labute approximate surface area is 97.1 Å². The molecule has 0 N–H and O–H groups in total. The third-order valence-electron chi connectivity index (χ3n) is 2.49. The van der Waals surface area contributed by atoms with Crippen LogP contribution in [-0.2, 0) is 14.3 Å². The van der Waals surface area contributed by atoms with Crippen molar-refractivity contribution in [2.75, 3.05) is 18.6 Å². The van der Waals surface area contributed by atoms with Crippen molar-refractivity contribution in [1.82, 2.24) is 0 Å². The molecule has 1 saturated carbocycles. The summed E-state index contributed by atoms with van der Waals surface area (Å²) in [4.78, 5) is 0. The van der Waals surface area contributed by atoms with Crippen LogP contribution in [0.5, 0.6) is 0 Å². The number of thioether (sulfide) groups is 1. The Morgan fingerprint density at radius 3 is 2.53 bits per heavy atom. The van der Waals surface area contributed by atoms with Crippen molar-refractivity contribution in [3.63, 3.8) is 0 Å². The van der Waals surface area contributed by atoms with Crippen LogP contribution >= 0.6 is 11.8 Å². The first kappa shape index (κ1) is 13.3. The number of hydrogen-bond donors (Lipinski definition) is 0. The minimum absolute atomic E-state index is 0.332. The highest BCUT2D eigenvalue weighted by Gasteiger charge is 2.13. The van der Waals surface area contributed by atoms with Crippen molar-refractivity contribution in [3.8, 4) is 0 Å². The second-order valence-electron chi connectivity index (χ2n) is 4.01. The monoisotopic (exact) mass is 252 g/mol. The fourth-order valence-corrected chi connectivity index (χ4v) is 3.46. The molecular formula is C10H20O3S2. The molecule has 0 atom stereocenters. The molecule has 1 rings (SSSR count). The smallest absolute Gasteiger partial charge is 0.264 e. The van der Waals surface area contributed by atoms with Crippen molar-refractivity contribution < 1.29 is 12.6 Å². The van der Waals surface area contributed by atoms with E-state index in [0.29, 0.717) is 6.61 Å². The standard InChI is InChI=1S/C10H20O3S2/c1-15(11,12)13-8-5-9-14-10-6-3-2-4-7-10/h10H,2-9H2,1H3. The van der Waals surface area contributed by atoms with Crippen molar-refractivity contribution in [3.05, 3.63) is 0 Å². The summed E-state index contributed by atoms with van der Waals surface area (Å²) >= 11 is 1.97. The fourth-order valence-electron chi connectivity index (χ4n) is 1.75. The van der Waals surface area contributed by atoms with Gasteiger partial charge < -0.3 is 0 Å². The summed E-state index contributed by atoms with van der Waals surface area (Å²) in [6.07, 6.45) is 8.69. The van der Waals surface area contributed by atoms with Crippen LogP contribution in [0.25, 0.3) is 0 Å². The van der Waals surface area contributed by atoms with Gasteiger partial charge in [0.1, 0.15) is 0 Å². The first-order valence-corrected chi connectivity index (χ1v) is 8.40. The molecule has 1 aliphatic rings. The van der Waals surface area contributed by atoms with Gasteiger partial charge in [-0.15, -0.1) is 0 Å². The lowest BCUT2D eigenvalue weighted by molar-refractivity contribution is 0.323. The van der Waals surface area contributed by atoms with E-state index < -0.39 is 10.1 Å². The van der Waals surface area contributed by atoms with E-state index in [0.717, 1.165) is 23.7 Å². The summed E-state index contributed by atoms with van der Waals surface area (Å²) in [5.41, 5.74) is 0. The largest absolute Gasteiger partial charge is 0.270 e. The molecule has 1 aliphatic carbocycles. The second-order valence-corrected chi connectivity index (χ2v) is 7.06. The van der Waals surface area contributed by atoms with E-state index in [9.17, 15) is 8.42 Å². The molecule has 5 heteroatoms. The minimum Gasteiger partial charge on any atom is -0.270 e. The van der Waals surface area contributed by atoms with Crippen LogP contribution in [-0.4, -0.2) is 32.3 Å². The lowest BCUT2D eigenvalue weighted by atomic mass is 10.0. The van der Waals surface area contributed by atoms with Crippen molar-refractivity contribution in [2.45, 2.75) is 43.8 Å². The van der Waals surface area contributed by atoms with Gasteiger partial charge in [0.25, 0.3) is 10.1 Å². The second kappa shape index (κ2) is 6.76. The normalized spacial score (nSPS) is 19.3. The Hall–Kier alpha value is 0.260. The van der Waals surface area contributed by atoms with Crippen LogP contribution in [0.3, 0.4) is 0 Å². The average molecular weight is 252 g/mol. The van der Waals surface area contributed by atoms with Crippen LogP contribution in [0.1, 0.15) is 38.5 Å². The molecule has 3 nitrogen and oxygen atoms in total. The predicted octanol–water partition coefficient (Wildman–Crippen LogP) is 2.42. The minimum atomic E-state index is -3.24. The lowest BCUT2D eigenvalue weighted by Crippen LogP contribution is -2.10. The molecule has 0 saturated heterocycles. The quantitative estimate of drug-likeness (QED) is 0.538. The molecule has 0 spiro atoms. The summed E-state index contributed by atoms with van der Waals surface area (Å²) in [5, 5.41) is 0.803. The highest BCUT2D eigenvalue weighted by atomic mass is 32.2. The SMILES string of the molecule is CS(=O)(=O)OCCCSC1CCCCC1. The molecule has 0 amide bonds. The van der Waals surface area contributed by atoms with E-state index in [1.807, 2.05) is 11.8 Å². The molecular weight excluding hydrogens is 232 g/mol. The van der Waals surface area contributed by atoms with Crippen LogP contribution in [0.4, 0.5) is 0 Å². The van der Waals surface area contributed by atoms with E-state index in [1.165, 1.54) is 32.1 Å². The maximum Gasteiger partial charge on any atom is 0.264 e. The molecule has 0 heterocycles. The molecule has 0 unspecified atom stereocenters. The maximum atomic E-state index is 10.7. The Bertz CT molecular complexity index is 256. The summed E-state index contributed by atoms with van der Waals surface area (Å²) in [5.74, 6) is 1.01. The highest BCUT2D eigenvalue weighted by Crippen LogP contribution is 2.28. The number of rotatable bonds is 6. The van der Waals surface area contributed by atoms with Gasteiger partial charge in [0, 0.05) is 5.25 Å². The molecule has 0 aromatic heterocycles. The summed E-state index contributed by atoms with van der Waals surface area (Å²) in [6, 6.07) is 0. The van der Waals surface area contributed by atoms with Gasteiger partial charge in [-0.2, -0.15) is 20.2 Å². The topological polar surface area (TPSA) is 43.4 Å². The van der Waals surface area contributed by atoms with Crippen molar-refractivity contribution in [2.24, 2.45) is 0 Å². The molecule has 0 aromatic rings. The van der Waals surface area contributed by atoms with Crippen molar-refractivity contribution >= 4 is 21.9 Å². The van der Waals surface area contributed by atoms with Crippen LogP contribution in [0.2, 0.25) is 0 Å². The number of hydrogen-bond acceptors (Lipinski definition) is 4. The summed E-state index contributed by atoms with van der Waals surface area (Å²) < 4.78 is 26.0. The van der Waals surface area contributed by atoms with Crippen molar-refractivity contribution in [1.29, 1.82) is 0 Å². The zero-order valence-corrected chi connectivity index (χ0v) is 10.9. The molecule has 0 aromatic carbocycles. The molecule has 15 heavy (non-hydrogen) atoms. The van der Waals surface area contributed by atoms with Gasteiger partial charge in [-0.05, 0) is 25.0 Å². The fraction of sp³-hybridized carbons (Fsp3) is 1.00. The van der Waals surface area contributed by atoms with Gasteiger partial charge in [-0.25, -0.2) is 0 Å². The molecule has 1 fully saturated rings. The van der Waals surface area contributed by atoms with Crippen LogP contribution < -0.4 is 0 Å². The Morgan fingerprint density at radius 2 is 1.93 bits per heavy atom. The Morgan fingerprint density at radius 1 is 1.27 bits per heavy atom.